The second kappa shape index (κ2) is 5.03. The van der Waals surface area contributed by atoms with Crippen molar-refractivity contribution >= 4 is 17.7 Å². The van der Waals surface area contributed by atoms with Gasteiger partial charge in [0.1, 0.15) is 5.82 Å². The maximum absolute atomic E-state index is 12.9. The summed E-state index contributed by atoms with van der Waals surface area (Å²) in [7, 11) is 0. The van der Waals surface area contributed by atoms with Crippen LogP contribution in [0.5, 0.6) is 0 Å². The summed E-state index contributed by atoms with van der Waals surface area (Å²) in [4.78, 5) is 23.6. The molecule has 1 aromatic carbocycles. The number of halogens is 1. The topological polar surface area (TPSA) is 69.6 Å². The number of nitrogens with one attached hydrogen (secondary N) is 1. The van der Waals surface area contributed by atoms with E-state index in [0.29, 0.717) is 18.8 Å². The number of carboxylic acid groups (broad SMARTS) is 1. The molecule has 0 atom stereocenters. The molecule has 1 heterocycles. The first-order chi connectivity index (χ1) is 8.54. The predicted octanol–water partition coefficient (Wildman–Crippen LogP) is 1.76. The van der Waals surface area contributed by atoms with Gasteiger partial charge in [0.05, 0.1) is 6.42 Å². The molecule has 0 radical (unpaired) electrons. The Balaban J connectivity index is 1.82. The van der Waals surface area contributed by atoms with Crippen LogP contribution in [0.2, 0.25) is 0 Å². The summed E-state index contributed by atoms with van der Waals surface area (Å²) in [6, 6.07) is 5.29. The summed E-state index contributed by atoms with van der Waals surface area (Å²) >= 11 is 0. The lowest BCUT2D eigenvalue weighted by Crippen LogP contribution is -2.52. The van der Waals surface area contributed by atoms with Gasteiger partial charge in [0, 0.05) is 24.7 Å². The Kier molecular flexibility index (Phi) is 3.45. The summed E-state index contributed by atoms with van der Waals surface area (Å²) in [6.07, 6.45) is 0.0732. The summed E-state index contributed by atoms with van der Waals surface area (Å²) < 4.78 is 12.9. The fourth-order valence-corrected chi connectivity index (χ4v) is 1.88. The van der Waals surface area contributed by atoms with E-state index in [9.17, 15) is 14.0 Å². The molecule has 0 aliphatic carbocycles. The number of aliphatic carboxylic acids is 1. The average molecular weight is 252 g/mol. The number of likely N-dealkylation sites (tertiary alicyclic amines) is 1. The molecule has 18 heavy (non-hydrogen) atoms. The van der Waals surface area contributed by atoms with Crippen LogP contribution in [0.25, 0.3) is 0 Å². The molecule has 6 heteroatoms. The molecule has 2 rings (SSSR count). The first-order valence-electron chi connectivity index (χ1n) is 5.58. The molecule has 1 saturated heterocycles. The third-order valence-electron chi connectivity index (χ3n) is 2.78. The lowest BCUT2D eigenvalue weighted by Gasteiger charge is -2.38. The molecule has 96 valence electrons. The number of carbonyl (C=O) groups is 2. The van der Waals surface area contributed by atoms with Crippen molar-refractivity contribution in [1.82, 2.24) is 4.90 Å². The van der Waals surface area contributed by atoms with E-state index < -0.39 is 11.8 Å². The van der Waals surface area contributed by atoms with Gasteiger partial charge in [-0.15, -0.1) is 0 Å². The maximum Gasteiger partial charge on any atom is 0.321 e. The number of amides is 2. The molecular formula is C12H13FN2O3. The maximum atomic E-state index is 12.9. The van der Waals surface area contributed by atoms with Crippen LogP contribution in [-0.4, -0.2) is 35.1 Å². The van der Waals surface area contributed by atoms with E-state index in [4.69, 9.17) is 5.11 Å². The zero-order valence-electron chi connectivity index (χ0n) is 9.60. The van der Waals surface area contributed by atoms with Crippen molar-refractivity contribution in [2.45, 2.75) is 6.42 Å². The van der Waals surface area contributed by atoms with Crippen LogP contribution >= 0.6 is 0 Å². The molecule has 0 unspecified atom stereocenters. The molecule has 0 bridgehead atoms. The van der Waals surface area contributed by atoms with Crippen molar-refractivity contribution in [2.24, 2.45) is 5.92 Å². The highest BCUT2D eigenvalue weighted by molar-refractivity contribution is 5.89. The van der Waals surface area contributed by atoms with Crippen LogP contribution in [-0.2, 0) is 4.79 Å². The van der Waals surface area contributed by atoms with Crippen LogP contribution < -0.4 is 5.32 Å². The standard InChI is InChI=1S/C12H13FN2O3/c13-9-2-1-3-10(5-9)14-12(18)15-6-8(7-15)4-11(16)17/h1-3,5,8H,4,6-7H2,(H,14,18)(H,16,17). The molecule has 5 nitrogen and oxygen atoms in total. The molecule has 2 N–H and O–H groups in total. The number of rotatable bonds is 3. The van der Waals surface area contributed by atoms with Gasteiger partial charge < -0.3 is 15.3 Å². The molecule has 0 spiro atoms. The largest absolute Gasteiger partial charge is 0.481 e. The van der Waals surface area contributed by atoms with Gasteiger partial charge in [0.25, 0.3) is 0 Å². The number of urea groups is 1. The highest BCUT2D eigenvalue weighted by Crippen LogP contribution is 2.20. The third kappa shape index (κ3) is 2.97. The van der Waals surface area contributed by atoms with E-state index >= 15 is 0 Å². The van der Waals surface area contributed by atoms with E-state index in [2.05, 4.69) is 5.32 Å². The first-order valence-corrected chi connectivity index (χ1v) is 5.58. The minimum absolute atomic E-state index is 0.0146. The van der Waals surface area contributed by atoms with Gasteiger partial charge in [-0.3, -0.25) is 4.79 Å². The summed E-state index contributed by atoms with van der Waals surface area (Å²) in [5, 5.41) is 11.1. The minimum atomic E-state index is -0.856. The SMILES string of the molecule is O=C(O)CC1CN(C(=O)Nc2cccc(F)c2)C1. The Morgan fingerprint density at radius 3 is 2.78 bits per heavy atom. The van der Waals surface area contributed by atoms with Gasteiger partial charge in [0.15, 0.2) is 0 Å². The number of nitrogens with zero attached hydrogens (tertiary/aromatic N) is 1. The van der Waals surface area contributed by atoms with Gasteiger partial charge in [0.2, 0.25) is 0 Å². The third-order valence-corrected chi connectivity index (χ3v) is 2.78. The van der Waals surface area contributed by atoms with Crippen LogP contribution in [0.3, 0.4) is 0 Å². The second-order valence-corrected chi connectivity index (χ2v) is 4.31. The van der Waals surface area contributed by atoms with E-state index in [1.54, 1.807) is 6.07 Å². The number of carboxylic acids is 1. The monoisotopic (exact) mass is 252 g/mol. The van der Waals surface area contributed by atoms with Gasteiger partial charge in [-0.1, -0.05) is 6.07 Å². The summed E-state index contributed by atoms with van der Waals surface area (Å²) in [6.45, 7) is 0.848. The molecule has 1 aliphatic rings. The van der Waals surface area contributed by atoms with Crippen molar-refractivity contribution in [3.8, 4) is 0 Å². The van der Waals surface area contributed by atoms with Gasteiger partial charge in [-0.05, 0) is 18.2 Å². The van der Waals surface area contributed by atoms with E-state index in [1.807, 2.05) is 0 Å². The molecule has 1 aromatic rings. The number of hydrogen-bond donors (Lipinski definition) is 2. The first kappa shape index (κ1) is 12.3. The fourth-order valence-electron chi connectivity index (χ4n) is 1.88. The Bertz CT molecular complexity index is 472. The average Bonchev–Trinajstić information content (AvgIpc) is 2.22. The quantitative estimate of drug-likeness (QED) is 0.861. The Morgan fingerprint density at radius 1 is 1.44 bits per heavy atom. The van der Waals surface area contributed by atoms with Gasteiger partial charge >= 0.3 is 12.0 Å². The molecule has 2 amide bonds. The van der Waals surface area contributed by atoms with Crippen molar-refractivity contribution in [3.05, 3.63) is 30.1 Å². The second-order valence-electron chi connectivity index (χ2n) is 4.31. The molecule has 1 aliphatic heterocycles. The highest BCUT2D eigenvalue weighted by atomic mass is 19.1. The molecule has 0 saturated carbocycles. The zero-order chi connectivity index (χ0) is 13.1. The van der Waals surface area contributed by atoms with Crippen LogP contribution in [0, 0.1) is 11.7 Å². The zero-order valence-corrected chi connectivity index (χ0v) is 9.60. The van der Waals surface area contributed by atoms with Gasteiger partial charge in [-0.2, -0.15) is 0 Å². The lowest BCUT2D eigenvalue weighted by atomic mass is 9.97. The highest BCUT2D eigenvalue weighted by Gasteiger charge is 2.31. The number of hydrogen-bond acceptors (Lipinski definition) is 2. The Hall–Kier alpha value is -2.11. The van der Waals surface area contributed by atoms with Crippen molar-refractivity contribution in [1.29, 1.82) is 0 Å². The molecular weight excluding hydrogens is 239 g/mol. The van der Waals surface area contributed by atoms with E-state index in [-0.39, 0.29) is 18.4 Å². The van der Waals surface area contributed by atoms with E-state index in [0.717, 1.165) is 0 Å². The number of carbonyl (C=O) groups excluding carboxylic acids is 1. The molecule has 1 fully saturated rings. The Labute approximate surface area is 103 Å². The van der Waals surface area contributed by atoms with Crippen molar-refractivity contribution in [2.75, 3.05) is 18.4 Å². The summed E-state index contributed by atoms with van der Waals surface area (Å²) in [5.74, 6) is -1.26. The number of benzene rings is 1. The number of anilines is 1. The fraction of sp³-hybridized carbons (Fsp3) is 0.333. The van der Waals surface area contributed by atoms with Gasteiger partial charge in [-0.25, -0.2) is 9.18 Å². The van der Waals surface area contributed by atoms with Crippen molar-refractivity contribution in [3.63, 3.8) is 0 Å². The molecule has 0 aromatic heterocycles. The Morgan fingerprint density at radius 2 is 2.17 bits per heavy atom. The van der Waals surface area contributed by atoms with Crippen LogP contribution in [0.1, 0.15) is 6.42 Å². The predicted molar refractivity (Wildman–Crippen MR) is 62.7 cm³/mol. The normalized spacial score (nSPS) is 15.1. The lowest BCUT2D eigenvalue weighted by molar-refractivity contribution is -0.139. The van der Waals surface area contributed by atoms with E-state index in [1.165, 1.54) is 23.1 Å². The van der Waals surface area contributed by atoms with Crippen LogP contribution in [0.4, 0.5) is 14.9 Å². The summed E-state index contributed by atoms with van der Waals surface area (Å²) in [5.41, 5.74) is 0.390. The minimum Gasteiger partial charge on any atom is -0.481 e. The van der Waals surface area contributed by atoms with Crippen molar-refractivity contribution < 1.29 is 19.1 Å². The smallest absolute Gasteiger partial charge is 0.321 e. The van der Waals surface area contributed by atoms with Crippen LogP contribution in [0.15, 0.2) is 24.3 Å².